The monoisotopic (exact) mass is 374 g/mol. The van der Waals surface area contributed by atoms with Crippen molar-refractivity contribution in [3.05, 3.63) is 30.3 Å². The Morgan fingerprint density at radius 2 is 1.81 bits per heavy atom. The van der Waals surface area contributed by atoms with Crippen molar-refractivity contribution in [3.63, 3.8) is 0 Å². The molecule has 3 aliphatic rings. The molecule has 0 aromatic heterocycles. The molecule has 3 saturated heterocycles. The molecule has 1 atom stereocenters. The fourth-order valence-electron chi connectivity index (χ4n) is 4.52. The van der Waals surface area contributed by atoms with Gasteiger partial charge < -0.3 is 19.1 Å². The molecular formula is C21H30N2O4. The topological polar surface area (TPSA) is 51.2 Å². The number of rotatable bonds is 4. The molecule has 0 unspecified atom stereocenters. The molecule has 1 spiro atoms. The largest absolute Gasteiger partial charge is 0.484 e. The van der Waals surface area contributed by atoms with Gasteiger partial charge in [-0.15, -0.1) is 0 Å². The van der Waals surface area contributed by atoms with Crippen molar-refractivity contribution in [3.8, 4) is 5.75 Å². The van der Waals surface area contributed by atoms with Gasteiger partial charge in [-0.05, 0) is 37.8 Å². The third-order valence-electron chi connectivity index (χ3n) is 6.16. The van der Waals surface area contributed by atoms with Gasteiger partial charge in [-0.25, -0.2) is 0 Å². The number of hydrogen-bond acceptors (Lipinski definition) is 5. The second-order valence-corrected chi connectivity index (χ2v) is 7.81. The van der Waals surface area contributed by atoms with Gasteiger partial charge >= 0.3 is 0 Å². The van der Waals surface area contributed by atoms with Crippen molar-refractivity contribution in [2.24, 2.45) is 0 Å². The zero-order valence-corrected chi connectivity index (χ0v) is 16.0. The molecule has 6 nitrogen and oxygen atoms in total. The summed E-state index contributed by atoms with van der Waals surface area (Å²) >= 11 is 0. The molecule has 0 aliphatic carbocycles. The van der Waals surface area contributed by atoms with Crippen LogP contribution in [0.2, 0.25) is 0 Å². The highest BCUT2D eigenvalue weighted by Gasteiger charge is 2.42. The van der Waals surface area contributed by atoms with Crippen molar-refractivity contribution in [1.29, 1.82) is 0 Å². The van der Waals surface area contributed by atoms with Gasteiger partial charge in [-0.2, -0.15) is 0 Å². The Kier molecular flexibility index (Phi) is 5.95. The van der Waals surface area contributed by atoms with E-state index >= 15 is 0 Å². The van der Waals surface area contributed by atoms with Crippen LogP contribution in [0.4, 0.5) is 0 Å². The van der Waals surface area contributed by atoms with Gasteiger partial charge in [0.15, 0.2) is 6.61 Å². The Morgan fingerprint density at radius 3 is 2.56 bits per heavy atom. The van der Waals surface area contributed by atoms with Gasteiger partial charge in [0.25, 0.3) is 5.91 Å². The lowest BCUT2D eigenvalue weighted by Gasteiger charge is -2.49. The van der Waals surface area contributed by atoms with Crippen molar-refractivity contribution < 1.29 is 19.0 Å². The van der Waals surface area contributed by atoms with E-state index in [-0.39, 0.29) is 18.1 Å². The maximum atomic E-state index is 12.5. The molecule has 1 amide bonds. The van der Waals surface area contributed by atoms with Crippen LogP contribution in [0.15, 0.2) is 30.3 Å². The number of hydrogen-bond donors (Lipinski definition) is 0. The molecule has 27 heavy (non-hydrogen) atoms. The molecule has 6 heteroatoms. The van der Waals surface area contributed by atoms with Crippen LogP contribution >= 0.6 is 0 Å². The number of likely N-dealkylation sites (tertiary alicyclic amines) is 1. The predicted octanol–water partition coefficient (Wildman–Crippen LogP) is 1.94. The number of piperidine rings is 1. The molecule has 1 aromatic rings. The minimum atomic E-state index is -0.0573. The average molecular weight is 374 g/mol. The molecular weight excluding hydrogens is 344 g/mol. The first-order valence-electron chi connectivity index (χ1n) is 10.2. The molecule has 148 valence electrons. The van der Waals surface area contributed by atoms with Gasteiger partial charge in [0.1, 0.15) is 5.75 Å². The third-order valence-corrected chi connectivity index (χ3v) is 6.16. The van der Waals surface area contributed by atoms with Gasteiger partial charge in [-0.3, -0.25) is 9.69 Å². The Hall–Kier alpha value is -1.63. The van der Waals surface area contributed by atoms with Crippen LogP contribution in [0.25, 0.3) is 0 Å². The summed E-state index contributed by atoms with van der Waals surface area (Å²) in [7, 11) is 0. The Morgan fingerprint density at radius 1 is 1.07 bits per heavy atom. The highest BCUT2D eigenvalue weighted by atomic mass is 16.5. The standard InChI is InChI=1S/C21H30N2O4/c24-20(17-26-19-4-2-1-3-5-19)23-9-7-21(8-10-23)16-18(6-13-27-21)22-11-14-25-15-12-22/h1-5,18H,6-17H2/t18-/m0/s1. The highest BCUT2D eigenvalue weighted by Crippen LogP contribution is 2.37. The van der Waals surface area contributed by atoms with E-state index in [2.05, 4.69) is 4.90 Å². The third kappa shape index (κ3) is 4.62. The Balaban J connectivity index is 1.26. The van der Waals surface area contributed by atoms with E-state index in [1.165, 1.54) is 0 Å². The van der Waals surface area contributed by atoms with E-state index in [0.717, 1.165) is 77.4 Å². The number of carbonyl (C=O) groups excluding carboxylic acids is 1. The zero-order chi connectivity index (χ0) is 18.5. The molecule has 3 fully saturated rings. The zero-order valence-electron chi connectivity index (χ0n) is 16.0. The summed E-state index contributed by atoms with van der Waals surface area (Å²) in [5.41, 5.74) is -0.0573. The summed E-state index contributed by atoms with van der Waals surface area (Å²) in [4.78, 5) is 17.0. The number of morpholine rings is 1. The van der Waals surface area contributed by atoms with Crippen LogP contribution in [-0.2, 0) is 14.3 Å². The van der Waals surface area contributed by atoms with Crippen molar-refractivity contribution in [2.75, 3.05) is 52.6 Å². The lowest BCUT2D eigenvalue weighted by molar-refractivity contribution is -0.153. The fraction of sp³-hybridized carbons (Fsp3) is 0.667. The van der Waals surface area contributed by atoms with Gasteiger partial charge in [0, 0.05) is 38.8 Å². The maximum Gasteiger partial charge on any atom is 0.260 e. The quantitative estimate of drug-likeness (QED) is 0.806. The molecule has 1 aromatic carbocycles. The number of benzene rings is 1. The Labute approximate surface area is 161 Å². The minimum absolute atomic E-state index is 0.0573. The van der Waals surface area contributed by atoms with E-state index in [1.54, 1.807) is 0 Å². The first kappa shape index (κ1) is 18.7. The number of ether oxygens (including phenoxy) is 3. The van der Waals surface area contributed by atoms with Crippen LogP contribution in [-0.4, -0.2) is 80.0 Å². The summed E-state index contributed by atoms with van der Waals surface area (Å²) in [6.07, 6.45) is 4.03. The van der Waals surface area contributed by atoms with Gasteiger partial charge in [-0.1, -0.05) is 18.2 Å². The first-order valence-corrected chi connectivity index (χ1v) is 10.2. The predicted molar refractivity (Wildman–Crippen MR) is 102 cm³/mol. The molecule has 3 aliphatic heterocycles. The van der Waals surface area contributed by atoms with Gasteiger partial charge in [0.2, 0.25) is 0 Å². The van der Waals surface area contributed by atoms with Crippen LogP contribution < -0.4 is 4.74 Å². The van der Waals surface area contributed by atoms with Crippen molar-refractivity contribution in [2.45, 2.75) is 37.3 Å². The minimum Gasteiger partial charge on any atom is -0.484 e. The van der Waals surface area contributed by atoms with E-state index in [1.807, 2.05) is 35.2 Å². The second-order valence-electron chi connectivity index (χ2n) is 7.81. The molecule has 0 N–H and O–H groups in total. The summed E-state index contributed by atoms with van der Waals surface area (Å²) < 4.78 is 17.4. The van der Waals surface area contributed by atoms with Crippen LogP contribution in [0.1, 0.15) is 25.7 Å². The van der Waals surface area contributed by atoms with Crippen LogP contribution in [0.5, 0.6) is 5.75 Å². The summed E-state index contributed by atoms with van der Waals surface area (Å²) in [6, 6.07) is 10.1. The lowest BCUT2D eigenvalue weighted by atomic mass is 9.81. The summed E-state index contributed by atoms with van der Waals surface area (Å²) in [5.74, 6) is 0.803. The van der Waals surface area contributed by atoms with Gasteiger partial charge in [0.05, 0.1) is 18.8 Å². The van der Waals surface area contributed by atoms with Crippen LogP contribution in [0.3, 0.4) is 0 Å². The number of para-hydroxylation sites is 1. The number of nitrogens with zero attached hydrogens (tertiary/aromatic N) is 2. The SMILES string of the molecule is O=C(COc1ccccc1)N1CCC2(CC1)C[C@@H](N1CCOCC1)CCO2. The maximum absolute atomic E-state index is 12.5. The van der Waals surface area contributed by atoms with E-state index < -0.39 is 0 Å². The fourth-order valence-corrected chi connectivity index (χ4v) is 4.52. The number of carbonyl (C=O) groups is 1. The molecule has 0 saturated carbocycles. The van der Waals surface area contributed by atoms with Crippen molar-refractivity contribution >= 4 is 5.91 Å². The van der Waals surface area contributed by atoms with Crippen molar-refractivity contribution in [1.82, 2.24) is 9.80 Å². The highest BCUT2D eigenvalue weighted by molar-refractivity contribution is 5.77. The van der Waals surface area contributed by atoms with E-state index in [9.17, 15) is 4.79 Å². The molecule has 0 radical (unpaired) electrons. The molecule has 4 rings (SSSR count). The Bertz CT molecular complexity index is 610. The smallest absolute Gasteiger partial charge is 0.260 e. The average Bonchev–Trinajstić information content (AvgIpc) is 2.74. The molecule has 3 heterocycles. The first-order chi connectivity index (χ1) is 13.2. The summed E-state index contributed by atoms with van der Waals surface area (Å²) in [6.45, 7) is 6.19. The van der Waals surface area contributed by atoms with E-state index in [0.29, 0.717) is 6.04 Å². The molecule has 0 bridgehead atoms. The van der Waals surface area contributed by atoms with Crippen LogP contribution in [0, 0.1) is 0 Å². The normalized spacial score (nSPS) is 26.1. The second kappa shape index (κ2) is 8.59. The lowest BCUT2D eigenvalue weighted by Crippen LogP contribution is -2.56. The van der Waals surface area contributed by atoms with E-state index in [4.69, 9.17) is 14.2 Å². The summed E-state index contributed by atoms with van der Waals surface area (Å²) in [5, 5.41) is 0. The number of amides is 1.